The van der Waals surface area contributed by atoms with Crippen molar-refractivity contribution in [2.75, 3.05) is 26.2 Å². The third kappa shape index (κ3) is 10.4. The fourth-order valence-corrected chi connectivity index (χ4v) is 2.57. The minimum Gasteiger partial charge on any atom is -0.314 e. The van der Waals surface area contributed by atoms with E-state index < -0.39 is 0 Å². The summed E-state index contributed by atoms with van der Waals surface area (Å²) in [5.74, 6) is 0.880. The number of nitrogens with zero attached hydrogens (tertiary/aromatic N) is 1. The van der Waals surface area contributed by atoms with Gasteiger partial charge in [0.25, 0.3) is 0 Å². The molecule has 0 fully saturated rings. The minimum atomic E-state index is 0.672. The molecule has 0 aliphatic carbocycles. The highest BCUT2D eigenvalue weighted by atomic mass is 15.1. The van der Waals surface area contributed by atoms with Gasteiger partial charge in [-0.2, -0.15) is 0 Å². The lowest BCUT2D eigenvalue weighted by molar-refractivity contribution is 0.288. The first-order valence-electron chi connectivity index (χ1n) is 8.63. The van der Waals surface area contributed by atoms with E-state index in [0.29, 0.717) is 6.04 Å². The highest BCUT2D eigenvalue weighted by Crippen LogP contribution is 2.12. The van der Waals surface area contributed by atoms with Crippen LogP contribution in [0.5, 0.6) is 0 Å². The van der Waals surface area contributed by atoms with E-state index in [1.165, 1.54) is 64.7 Å². The third-order valence-corrected chi connectivity index (χ3v) is 4.30. The maximum atomic E-state index is 3.73. The van der Waals surface area contributed by atoms with E-state index in [0.717, 1.165) is 5.92 Å². The van der Waals surface area contributed by atoms with E-state index in [4.69, 9.17) is 0 Å². The van der Waals surface area contributed by atoms with Crippen LogP contribution in [0.4, 0.5) is 0 Å². The zero-order valence-electron chi connectivity index (χ0n) is 14.2. The molecule has 2 nitrogen and oxygen atoms in total. The average molecular weight is 271 g/mol. The predicted molar refractivity (Wildman–Crippen MR) is 87.8 cm³/mol. The Bertz CT molecular complexity index is 178. The quantitative estimate of drug-likeness (QED) is 0.537. The number of nitrogens with one attached hydrogen (secondary N) is 1. The van der Waals surface area contributed by atoms with Gasteiger partial charge >= 0.3 is 0 Å². The van der Waals surface area contributed by atoms with E-state index in [2.05, 4.69) is 44.8 Å². The minimum absolute atomic E-state index is 0.672. The number of hydrogen-bond donors (Lipinski definition) is 1. The van der Waals surface area contributed by atoms with Gasteiger partial charge in [-0.25, -0.2) is 0 Å². The molecule has 0 rings (SSSR count). The van der Waals surface area contributed by atoms with Gasteiger partial charge in [-0.3, -0.25) is 0 Å². The molecule has 0 aromatic carbocycles. The van der Waals surface area contributed by atoms with Crippen molar-refractivity contribution >= 4 is 0 Å². The first-order valence-corrected chi connectivity index (χ1v) is 8.63. The van der Waals surface area contributed by atoms with Crippen molar-refractivity contribution in [1.29, 1.82) is 0 Å². The Morgan fingerprint density at radius 2 is 1.63 bits per heavy atom. The van der Waals surface area contributed by atoms with Crippen molar-refractivity contribution in [1.82, 2.24) is 10.2 Å². The number of rotatable bonds is 13. The summed E-state index contributed by atoms with van der Waals surface area (Å²) < 4.78 is 0. The molecular weight excluding hydrogens is 232 g/mol. The Labute approximate surface area is 122 Å². The Morgan fingerprint density at radius 3 is 2.16 bits per heavy atom. The fraction of sp³-hybridized carbons (Fsp3) is 1.00. The second kappa shape index (κ2) is 12.9. The maximum absolute atomic E-state index is 3.73. The topological polar surface area (TPSA) is 15.3 Å². The van der Waals surface area contributed by atoms with Gasteiger partial charge in [-0.15, -0.1) is 0 Å². The van der Waals surface area contributed by atoms with Crippen molar-refractivity contribution in [3.05, 3.63) is 0 Å². The molecule has 0 saturated heterocycles. The smallest absolute Gasteiger partial charge is 0.00393 e. The molecule has 0 aliphatic rings. The Kier molecular flexibility index (Phi) is 12.9. The second-order valence-electron chi connectivity index (χ2n) is 5.89. The van der Waals surface area contributed by atoms with Crippen molar-refractivity contribution in [2.24, 2.45) is 5.92 Å². The summed E-state index contributed by atoms with van der Waals surface area (Å²) >= 11 is 0. The summed E-state index contributed by atoms with van der Waals surface area (Å²) in [6.45, 7) is 16.3. The van der Waals surface area contributed by atoms with Gasteiger partial charge < -0.3 is 10.2 Å². The zero-order valence-corrected chi connectivity index (χ0v) is 14.2. The average Bonchev–Trinajstić information content (AvgIpc) is 2.44. The van der Waals surface area contributed by atoms with Gasteiger partial charge in [0.2, 0.25) is 0 Å². The van der Waals surface area contributed by atoms with Crippen molar-refractivity contribution < 1.29 is 0 Å². The van der Waals surface area contributed by atoms with Crippen LogP contribution in [0.15, 0.2) is 0 Å². The summed E-state index contributed by atoms with van der Waals surface area (Å²) in [5, 5.41) is 3.73. The van der Waals surface area contributed by atoms with Gasteiger partial charge in [0, 0.05) is 6.04 Å². The number of unbranched alkanes of at least 4 members (excludes halogenated alkanes) is 1. The summed E-state index contributed by atoms with van der Waals surface area (Å²) in [7, 11) is 0. The lowest BCUT2D eigenvalue weighted by Crippen LogP contribution is -2.32. The highest BCUT2D eigenvalue weighted by molar-refractivity contribution is 4.67. The van der Waals surface area contributed by atoms with Crippen LogP contribution in [0, 0.1) is 5.92 Å². The van der Waals surface area contributed by atoms with Gasteiger partial charge in [0.1, 0.15) is 0 Å². The van der Waals surface area contributed by atoms with E-state index >= 15 is 0 Å². The second-order valence-corrected chi connectivity index (χ2v) is 5.89. The van der Waals surface area contributed by atoms with Crippen LogP contribution in [-0.2, 0) is 0 Å². The van der Waals surface area contributed by atoms with Gasteiger partial charge in [0.15, 0.2) is 0 Å². The molecule has 0 amide bonds. The molecule has 2 atom stereocenters. The van der Waals surface area contributed by atoms with Crippen LogP contribution in [0.2, 0.25) is 0 Å². The van der Waals surface area contributed by atoms with E-state index in [1.54, 1.807) is 0 Å². The molecule has 0 aliphatic heterocycles. The molecule has 0 radical (unpaired) electrons. The van der Waals surface area contributed by atoms with Gasteiger partial charge in [-0.1, -0.05) is 47.0 Å². The standard InChI is InChI=1S/C17H38N2/c1-6-10-13-17(7-2)15-18-16(5)12-11-14-19(8-3)9-4/h16-18H,6-15H2,1-5H3. The van der Waals surface area contributed by atoms with E-state index in [9.17, 15) is 0 Å². The van der Waals surface area contributed by atoms with Crippen LogP contribution in [0.25, 0.3) is 0 Å². The summed E-state index contributed by atoms with van der Waals surface area (Å²) in [4.78, 5) is 2.52. The summed E-state index contributed by atoms with van der Waals surface area (Å²) in [6.07, 6.45) is 8.06. The highest BCUT2D eigenvalue weighted by Gasteiger charge is 2.08. The molecule has 0 aromatic rings. The molecule has 2 unspecified atom stereocenters. The van der Waals surface area contributed by atoms with Gasteiger partial charge in [-0.05, 0) is 58.3 Å². The van der Waals surface area contributed by atoms with Crippen molar-refractivity contribution in [3.8, 4) is 0 Å². The SMILES string of the molecule is CCCCC(CC)CNC(C)CCCN(CC)CC. The molecule has 0 heterocycles. The zero-order chi connectivity index (χ0) is 14.5. The first kappa shape index (κ1) is 18.9. The largest absolute Gasteiger partial charge is 0.314 e. The summed E-state index contributed by atoms with van der Waals surface area (Å²) in [5.41, 5.74) is 0. The summed E-state index contributed by atoms with van der Waals surface area (Å²) in [6, 6.07) is 0.672. The molecule has 0 spiro atoms. The molecular formula is C17H38N2. The number of hydrogen-bond acceptors (Lipinski definition) is 2. The first-order chi connectivity index (χ1) is 9.17. The van der Waals surface area contributed by atoms with Crippen molar-refractivity contribution in [3.63, 3.8) is 0 Å². The van der Waals surface area contributed by atoms with E-state index in [1.807, 2.05) is 0 Å². The molecule has 0 bridgehead atoms. The molecule has 116 valence electrons. The lowest BCUT2D eigenvalue weighted by atomic mass is 9.99. The Hall–Kier alpha value is -0.0800. The lowest BCUT2D eigenvalue weighted by Gasteiger charge is -2.22. The molecule has 2 heteroatoms. The van der Waals surface area contributed by atoms with Crippen LogP contribution < -0.4 is 5.32 Å². The molecule has 0 aromatic heterocycles. The molecule has 1 N–H and O–H groups in total. The molecule has 0 saturated carbocycles. The molecule has 19 heavy (non-hydrogen) atoms. The maximum Gasteiger partial charge on any atom is 0.00393 e. The van der Waals surface area contributed by atoms with Crippen LogP contribution >= 0.6 is 0 Å². The van der Waals surface area contributed by atoms with Crippen LogP contribution in [0.3, 0.4) is 0 Å². The fourth-order valence-electron chi connectivity index (χ4n) is 2.57. The van der Waals surface area contributed by atoms with Crippen LogP contribution in [0.1, 0.15) is 73.1 Å². The van der Waals surface area contributed by atoms with Gasteiger partial charge in [0.05, 0.1) is 0 Å². The van der Waals surface area contributed by atoms with Crippen LogP contribution in [-0.4, -0.2) is 37.1 Å². The van der Waals surface area contributed by atoms with Crippen molar-refractivity contribution in [2.45, 2.75) is 79.2 Å². The Morgan fingerprint density at radius 1 is 0.947 bits per heavy atom. The van der Waals surface area contributed by atoms with E-state index in [-0.39, 0.29) is 0 Å². The Balaban J connectivity index is 3.64. The normalized spacial score (nSPS) is 14.8. The third-order valence-electron chi connectivity index (χ3n) is 4.30. The monoisotopic (exact) mass is 270 g/mol. The predicted octanol–water partition coefficient (Wildman–Crippen LogP) is 4.30.